The van der Waals surface area contributed by atoms with Gasteiger partial charge in [-0.15, -0.1) is 0 Å². The number of aromatic nitrogens is 2. The molecule has 1 aromatic heterocycles. The zero-order valence-corrected chi connectivity index (χ0v) is 16.3. The molecule has 3 aliphatic rings. The average Bonchev–Trinajstić information content (AvgIpc) is 3.32. The molecule has 3 heterocycles. The van der Waals surface area contributed by atoms with E-state index in [0.29, 0.717) is 39.0 Å². The van der Waals surface area contributed by atoms with Crippen LogP contribution in [0.2, 0.25) is 0 Å². The van der Waals surface area contributed by atoms with Crippen LogP contribution in [-0.4, -0.2) is 65.3 Å². The van der Waals surface area contributed by atoms with E-state index in [-0.39, 0.29) is 17.9 Å². The molecule has 0 atom stereocenters. The fourth-order valence-electron chi connectivity index (χ4n) is 4.10. The molecule has 0 bridgehead atoms. The molecule has 1 aromatic rings. The van der Waals surface area contributed by atoms with E-state index in [1.54, 1.807) is 0 Å². The molecule has 2 saturated heterocycles. The zero-order valence-electron chi connectivity index (χ0n) is 15.5. The Balaban J connectivity index is 1.48. The normalized spacial score (nSPS) is 23.2. The van der Waals surface area contributed by atoms with Crippen molar-refractivity contribution in [2.24, 2.45) is 0 Å². The van der Waals surface area contributed by atoms with Gasteiger partial charge in [0.05, 0.1) is 0 Å². The number of rotatable bonds is 5. The molecule has 1 saturated carbocycles. The molecule has 0 spiro atoms. The van der Waals surface area contributed by atoms with Gasteiger partial charge in [-0.1, -0.05) is 0 Å². The summed E-state index contributed by atoms with van der Waals surface area (Å²) in [6.45, 7) is 1.89. The van der Waals surface area contributed by atoms with Crippen LogP contribution in [0.15, 0.2) is 12.4 Å². The molecular weight excluding hydrogens is 395 g/mol. The summed E-state index contributed by atoms with van der Waals surface area (Å²) in [6, 6.07) is 1.15. The van der Waals surface area contributed by atoms with Crippen molar-refractivity contribution in [1.82, 2.24) is 18.6 Å². The molecule has 0 amide bonds. The van der Waals surface area contributed by atoms with Crippen LogP contribution in [0.3, 0.4) is 0 Å². The Morgan fingerprint density at radius 3 is 2.07 bits per heavy atom. The molecule has 0 N–H and O–H groups in total. The maximum atomic E-state index is 13.0. The Bertz CT molecular complexity index is 801. The maximum absolute atomic E-state index is 13.0. The van der Waals surface area contributed by atoms with Gasteiger partial charge in [0, 0.05) is 44.3 Å². The second-order valence-electron chi connectivity index (χ2n) is 7.64. The van der Waals surface area contributed by atoms with Gasteiger partial charge >= 0.3 is 6.18 Å². The lowest BCUT2D eigenvalue weighted by molar-refractivity contribution is -0.141. The largest absolute Gasteiger partial charge is 0.433 e. The first kappa shape index (κ1) is 19.8. The molecule has 7 nitrogen and oxygen atoms in total. The zero-order chi connectivity index (χ0) is 19.9. The first-order valence-corrected chi connectivity index (χ1v) is 11.1. The molecule has 0 unspecified atom stereocenters. The van der Waals surface area contributed by atoms with Crippen LogP contribution in [0.4, 0.5) is 19.0 Å². The van der Waals surface area contributed by atoms with Gasteiger partial charge in [0.15, 0.2) is 0 Å². The van der Waals surface area contributed by atoms with Gasteiger partial charge < -0.3 is 4.90 Å². The smallest absolute Gasteiger partial charge is 0.350 e. The van der Waals surface area contributed by atoms with E-state index in [1.807, 2.05) is 4.90 Å². The summed E-state index contributed by atoms with van der Waals surface area (Å²) in [5.74, 6) is 0.283. The van der Waals surface area contributed by atoms with E-state index >= 15 is 0 Å². The average molecular weight is 419 g/mol. The Labute approximate surface area is 162 Å². The number of halogens is 3. The Morgan fingerprint density at radius 2 is 1.50 bits per heavy atom. The third-order valence-electron chi connectivity index (χ3n) is 5.68. The van der Waals surface area contributed by atoms with Crippen LogP contribution in [0.25, 0.3) is 0 Å². The third kappa shape index (κ3) is 3.97. The minimum absolute atomic E-state index is 0.0199. The Hall–Kier alpha value is -1.46. The molecule has 156 valence electrons. The van der Waals surface area contributed by atoms with Gasteiger partial charge in [0.2, 0.25) is 0 Å². The molecule has 0 aromatic carbocycles. The number of nitrogens with zero attached hydrogens (tertiary/aromatic N) is 5. The van der Waals surface area contributed by atoms with Gasteiger partial charge in [-0.3, -0.25) is 0 Å². The molecular formula is C17H24F3N5O2S. The van der Waals surface area contributed by atoms with Crippen LogP contribution in [0.5, 0.6) is 0 Å². The van der Waals surface area contributed by atoms with Crippen LogP contribution in [0, 0.1) is 0 Å². The summed E-state index contributed by atoms with van der Waals surface area (Å²) >= 11 is 0. The number of piperidine rings is 1. The number of hydrogen-bond donors (Lipinski definition) is 0. The van der Waals surface area contributed by atoms with Gasteiger partial charge in [0.25, 0.3) is 10.2 Å². The quantitative estimate of drug-likeness (QED) is 0.732. The highest BCUT2D eigenvalue weighted by Gasteiger charge is 2.41. The summed E-state index contributed by atoms with van der Waals surface area (Å²) in [6.07, 6.45) is 1.21. The Morgan fingerprint density at radius 1 is 0.929 bits per heavy atom. The highest BCUT2D eigenvalue weighted by atomic mass is 32.2. The summed E-state index contributed by atoms with van der Waals surface area (Å²) < 4.78 is 67.6. The van der Waals surface area contributed by atoms with Crippen LogP contribution < -0.4 is 4.90 Å². The van der Waals surface area contributed by atoms with E-state index in [0.717, 1.165) is 38.1 Å². The second-order valence-corrected chi connectivity index (χ2v) is 9.57. The van der Waals surface area contributed by atoms with Crippen molar-refractivity contribution in [1.29, 1.82) is 0 Å². The number of alkyl halides is 3. The van der Waals surface area contributed by atoms with Gasteiger partial charge in [-0.2, -0.15) is 30.2 Å². The van der Waals surface area contributed by atoms with E-state index in [4.69, 9.17) is 0 Å². The lowest BCUT2D eigenvalue weighted by Gasteiger charge is -2.39. The lowest BCUT2D eigenvalue weighted by Crippen LogP contribution is -2.51. The predicted octanol–water partition coefficient (Wildman–Crippen LogP) is 2.27. The van der Waals surface area contributed by atoms with E-state index in [1.165, 1.54) is 8.61 Å². The molecule has 4 rings (SSSR count). The topological polar surface area (TPSA) is 69.6 Å². The molecule has 28 heavy (non-hydrogen) atoms. The molecule has 11 heteroatoms. The molecule has 0 radical (unpaired) electrons. The van der Waals surface area contributed by atoms with Crippen molar-refractivity contribution < 1.29 is 21.6 Å². The van der Waals surface area contributed by atoms with Crippen molar-refractivity contribution in [2.45, 2.75) is 56.8 Å². The predicted molar refractivity (Wildman–Crippen MR) is 96.9 cm³/mol. The van der Waals surface area contributed by atoms with Crippen molar-refractivity contribution in [3.05, 3.63) is 18.1 Å². The number of anilines is 1. The van der Waals surface area contributed by atoms with E-state index < -0.39 is 22.1 Å². The minimum Gasteiger partial charge on any atom is -0.350 e. The maximum Gasteiger partial charge on any atom is 0.433 e. The first-order chi connectivity index (χ1) is 13.3. The molecule has 1 aliphatic carbocycles. The van der Waals surface area contributed by atoms with Crippen molar-refractivity contribution >= 4 is 16.0 Å². The van der Waals surface area contributed by atoms with Gasteiger partial charge in [-0.25, -0.2) is 9.97 Å². The fourth-order valence-corrected chi connectivity index (χ4v) is 5.82. The van der Waals surface area contributed by atoms with Crippen molar-refractivity contribution in [3.8, 4) is 0 Å². The summed E-state index contributed by atoms with van der Waals surface area (Å²) in [7, 11) is -3.43. The summed E-state index contributed by atoms with van der Waals surface area (Å²) in [4.78, 5) is 9.40. The highest BCUT2D eigenvalue weighted by Crippen LogP contribution is 2.37. The van der Waals surface area contributed by atoms with E-state index in [9.17, 15) is 21.6 Å². The van der Waals surface area contributed by atoms with Crippen LogP contribution in [0.1, 0.15) is 44.2 Å². The Kier molecular flexibility index (Phi) is 5.25. The van der Waals surface area contributed by atoms with E-state index in [2.05, 4.69) is 9.97 Å². The SMILES string of the molecule is O=S(=O)(N1CCCC1)N1CCC(N(c2cc(C(F)(F)F)ncn2)C2CC2)CC1. The third-order valence-corrected chi connectivity index (χ3v) is 7.72. The fraction of sp³-hybridized carbons (Fsp3) is 0.765. The first-order valence-electron chi connectivity index (χ1n) is 9.69. The summed E-state index contributed by atoms with van der Waals surface area (Å²) in [5.41, 5.74) is -0.947. The van der Waals surface area contributed by atoms with Gasteiger partial charge in [-0.05, 0) is 38.5 Å². The van der Waals surface area contributed by atoms with Crippen LogP contribution >= 0.6 is 0 Å². The van der Waals surface area contributed by atoms with Crippen molar-refractivity contribution in [2.75, 3.05) is 31.1 Å². The van der Waals surface area contributed by atoms with Crippen LogP contribution in [-0.2, 0) is 16.4 Å². The standard InChI is InChI=1S/C17H24F3N5O2S/c18-17(19,20)15-11-16(22-12-21-15)25(13-3-4-13)14-5-9-24(10-6-14)28(26,27)23-7-1-2-8-23/h11-14H,1-10H2. The molecule has 3 fully saturated rings. The minimum atomic E-state index is -4.51. The second kappa shape index (κ2) is 7.42. The summed E-state index contributed by atoms with van der Waals surface area (Å²) in [5, 5.41) is 0. The number of hydrogen-bond acceptors (Lipinski definition) is 5. The monoisotopic (exact) mass is 419 g/mol. The highest BCUT2D eigenvalue weighted by molar-refractivity contribution is 7.86. The van der Waals surface area contributed by atoms with Gasteiger partial charge in [0.1, 0.15) is 17.8 Å². The van der Waals surface area contributed by atoms with Crippen molar-refractivity contribution in [3.63, 3.8) is 0 Å². The lowest BCUT2D eigenvalue weighted by atomic mass is 10.0. The molecule has 2 aliphatic heterocycles.